The normalized spacial score (nSPS) is 16.8. The summed E-state index contributed by atoms with van der Waals surface area (Å²) in [4.78, 5) is 10.2. The molecular formula is C65H67N3O. The SMILES string of the molecule is [2H]C([2H])([2H])c1cc(-c2c(C([2H])(C)C)cccc2C([2H])(C)C)ccc1-n1c(-c2cc(C([2H])(C)C)cc(C([2H])(C)C)c2O)nc2c(-c3cc(-c4ccccc4)cc(-c4cc(-c5ccc(C(C([2H])([2H])[2H])(C([2H])([2H])[2H])C([2H])([2H])[2H])cc5)ccn4)c3)cccc21. The fourth-order valence-corrected chi connectivity index (χ4v) is 9.22. The Hall–Kier alpha value is -7.04. The van der Waals surface area contributed by atoms with Crippen molar-refractivity contribution < 1.29 is 27.0 Å². The van der Waals surface area contributed by atoms with E-state index >= 15 is 0 Å². The number of imidazole rings is 1. The summed E-state index contributed by atoms with van der Waals surface area (Å²) in [5.74, 6) is -5.03. The summed E-state index contributed by atoms with van der Waals surface area (Å²) in [7, 11) is 0. The molecule has 0 atom stereocenters. The van der Waals surface area contributed by atoms with E-state index in [2.05, 4.69) is 0 Å². The van der Waals surface area contributed by atoms with Crippen LogP contribution >= 0.6 is 0 Å². The van der Waals surface area contributed by atoms with Gasteiger partial charge >= 0.3 is 0 Å². The van der Waals surface area contributed by atoms with Crippen molar-refractivity contribution in [3.8, 4) is 78.6 Å². The van der Waals surface area contributed by atoms with E-state index < -0.39 is 56.4 Å². The van der Waals surface area contributed by atoms with Crippen molar-refractivity contribution in [2.24, 2.45) is 0 Å². The summed E-state index contributed by atoms with van der Waals surface area (Å²) in [6, 6.07) is 44.0. The highest BCUT2D eigenvalue weighted by molar-refractivity contribution is 5.98. The zero-order chi connectivity index (χ0) is 62.6. The molecule has 4 heteroatoms. The first-order valence-electron chi connectivity index (χ1n) is 31.1. The number of aromatic hydroxyl groups is 1. The van der Waals surface area contributed by atoms with Crippen molar-refractivity contribution in [2.75, 3.05) is 0 Å². The van der Waals surface area contributed by atoms with Crippen LogP contribution in [0.4, 0.5) is 0 Å². The molecule has 7 aromatic carbocycles. The molecule has 9 rings (SSSR count). The first kappa shape index (κ1) is 31.2. The molecule has 4 nitrogen and oxygen atoms in total. The van der Waals surface area contributed by atoms with Gasteiger partial charge in [-0.3, -0.25) is 9.55 Å². The Balaban J connectivity index is 1.32. The average molecular weight is 922 g/mol. The van der Waals surface area contributed by atoms with Gasteiger partial charge in [-0.2, -0.15) is 0 Å². The maximum Gasteiger partial charge on any atom is 0.149 e. The van der Waals surface area contributed by atoms with E-state index in [1.165, 1.54) is 24.3 Å². The van der Waals surface area contributed by atoms with Gasteiger partial charge in [0.15, 0.2) is 0 Å². The molecule has 0 aliphatic carbocycles. The average Bonchev–Trinajstić information content (AvgIpc) is 1.38. The summed E-state index contributed by atoms with van der Waals surface area (Å²) >= 11 is 0. The van der Waals surface area contributed by atoms with Crippen LogP contribution in [0.5, 0.6) is 5.75 Å². The maximum atomic E-state index is 12.5. The molecule has 0 unspecified atom stereocenters. The molecule has 1 N–H and O–H groups in total. The highest BCUT2D eigenvalue weighted by Crippen LogP contribution is 2.45. The molecular weight excluding hydrogens is 839 g/mol. The molecule has 0 bridgehead atoms. The standard InChI is InChI=1S/C65H67N3O/c1-39(2)48-36-56(42(7)8)63(69)57(37-48)64-67-62-55(22-17-23-60(62)68(64)59-29-26-47(32-43(59)9)61-53(40(3)4)20-16-21-54(61)41(5)6)50-33-49(44-18-14-13-15-19-44)34-51(35-50)58-38-46(30-31-66-58)45-24-27-52(28-25-45)65(10,11)12/h13-42,69H,1-12H3/i9D3,10D3,11D3,12D3,39D,40D,41D,42D. The Morgan fingerprint density at radius 2 is 1.19 bits per heavy atom. The van der Waals surface area contributed by atoms with Gasteiger partial charge in [0.25, 0.3) is 0 Å². The van der Waals surface area contributed by atoms with E-state index in [1.807, 2.05) is 91.0 Å². The second-order valence-corrected chi connectivity index (χ2v) is 18.7. The predicted octanol–water partition coefficient (Wildman–Crippen LogP) is 18.2. The lowest BCUT2D eigenvalue weighted by molar-refractivity contribution is 0.466. The number of hydrogen-bond donors (Lipinski definition) is 1. The van der Waals surface area contributed by atoms with Crippen molar-refractivity contribution >= 4 is 11.0 Å². The summed E-state index contributed by atoms with van der Waals surface area (Å²) < 4.78 is 140. The molecule has 2 heterocycles. The topological polar surface area (TPSA) is 50.9 Å². The monoisotopic (exact) mass is 922 g/mol. The molecule has 0 spiro atoms. The minimum absolute atomic E-state index is 0.0834. The fraction of sp³-hybridized carbons (Fsp3) is 0.262. The van der Waals surface area contributed by atoms with E-state index in [4.69, 9.17) is 22.3 Å². The zero-order valence-corrected chi connectivity index (χ0v) is 40.3. The number of benzene rings is 7. The first-order chi connectivity index (χ1) is 39.1. The molecule has 0 aliphatic heterocycles. The Morgan fingerprint density at radius 1 is 0.536 bits per heavy atom. The van der Waals surface area contributed by atoms with Crippen LogP contribution in [0.1, 0.15) is 155 Å². The molecule has 0 radical (unpaired) electrons. The lowest BCUT2D eigenvalue weighted by Crippen LogP contribution is -2.10. The summed E-state index contributed by atoms with van der Waals surface area (Å²) in [6.45, 7) is 0.611. The van der Waals surface area contributed by atoms with Gasteiger partial charge in [-0.15, -0.1) is 0 Å². The van der Waals surface area contributed by atoms with Crippen molar-refractivity contribution in [3.05, 3.63) is 191 Å². The number of phenols is 1. The minimum Gasteiger partial charge on any atom is -0.507 e. The predicted molar refractivity (Wildman–Crippen MR) is 293 cm³/mol. The molecule has 2 aromatic heterocycles. The lowest BCUT2D eigenvalue weighted by Gasteiger charge is -2.22. The van der Waals surface area contributed by atoms with Gasteiger partial charge in [0.2, 0.25) is 0 Å². The molecule has 0 saturated heterocycles. The number of para-hydroxylation sites is 1. The Morgan fingerprint density at radius 3 is 1.86 bits per heavy atom. The third-order valence-electron chi connectivity index (χ3n) is 12.9. The van der Waals surface area contributed by atoms with Crippen LogP contribution in [0.3, 0.4) is 0 Å². The first-order valence-corrected chi connectivity index (χ1v) is 23.1. The van der Waals surface area contributed by atoms with E-state index in [1.54, 1.807) is 103 Å². The molecule has 0 fully saturated rings. The third kappa shape index (κ3) is 9.18. The number of aromatic nitrogens is 3. The number of phenolic OH excluding ortho intramolecular Hbond substituents is 1. The molecule has 348 valence electrons. The number of rotatable bonds is 11. The second-order valence-electron chi connectivity index (χ2n) is 18.7. The Bertz CT molecular complexity index is 3930. The van der Waals surface area contributed by atoms with Gasteiger partial charge in [-0.1, -0.05) is 173 Å². The Labute approximate surface area is 433 Å². The number of aryl methyl sites for hydroxylation is 1. The largest absolute Gasteiger partial charge is 0.507 e. The van der Waals surface area contributed by atoms with Gasteiger partial charge in [0, 0.05) is 39.3 Å². The second kappa shape index (κ2) is 18.8. The van der Waals surface area contributed by atoms with Crippen molar-refractivity contribution in [2.45, 2.75) is 112 Å². The van der Waals surface area contributed by atoms with Crippen LogP contribution in [-0.4, -0.2) is 19.6 Å². The smallest absolute Gasteiger partial charge is 0.149 e. The summed E-state index contributed by atoms with van der Waals surface area (Å²) in [5.41, 5.74) is 5.74. The van der Waals surface area contributed by atoms with Gasteiger partial charge in [0.1, 0.15) is 11.6 Å². The fourth-order valence-electron chi connectivity index (χ4n) is 9.22. The zero-order valence-electron chi connectivity index (χ0n) is 56.3. The molecule has 9 aromatic rings. The van der Waals surface area contributed by atoms with Crippen LogP contribution < -0.4 is 0 Å². The highest BCUT2D eigenvalue weighted by atomic mass is 16.3. The van der Waals surface area contributed by atoms with Crippen LogP contribution in [0.25, 0.3) is 83.9 Å². The lowest BCUT2D eigenvalue weighted by atomic mass is 9.84. The summed E-state index contributed by atoms with van der Waals surface area (Å²) in [6.07, 6.45) is 1.60. The molecule has 0 saturated carbocycles. The summed E-state index contributed by atoms with van der Waals surface area (Å²) in [5, 5.41) is 12.5. The van der Waals surface area contributed by atoms with Crippen LogP contribution in [0.15, 0.2) is 158 Å². The highest BCUT2D eigenvalue weighted by Gasteiger charge is 2.25. The van der Waals surface area contributed by atoms with E-state index in [-0.39, 0.29) is 39.5 Å². The number of pyridine rings is 1. The van der Waals surface area contributed by atoms with Crippen LogP contribution in [-0.2, 0) is 5.41 Å². The molecule has 0 aliphatic rings. The van der Waals surface area contributed by atoms with Gasteiger partial charge in [-0.05, 0) is 163 Å². The van der Waals surface area contributed by atoms with E-state index in [0.29, 0.717) is 72.4 Å². The van der Waals surface area contributed by atoms with Crippen LogP contribution in [0, 0.1) is 6.85 Å². The van der Waals surface area contributed by atoms with E-state index in [9.17, 15) is 14.7 Å². The van der Waals surface area contributed by atoms with Crippen molar-refractivity contribution in [3.63, 3.8) is 0 Å². The van der Waals surface area contributed by atoms with Crippen molar-refractivity contribution in [1.29, 1.82) is 0 Å². The van der Waals surface area contributed by atoms with Crippen molar-refractivity contribution in [1.82, 2.24) is 14.5 Å². The minimum atomic E-state index is -3.43. The Kier molecular flexibility index (Phi) is 8.49. The molecule has 0 amide bonds. The van der Waals surface area contributed by atoms with Gasteiger partial charge < -0.3 is 5.11 Å². The molecule has 69 heavy (non-hydrogen) atoms. The number of nitrogens with zero attached hydrogens (tertiary/aromatic N) is 3. The van der Waals surface area contributed by atoms with Crippen LogP contribution in [0.2, 0.25) is 0 Å². The van der Waals surface area contributed by atoms with Gasteiger partial charge in [0.05, 0.1) is 28.0 Å². The quantitative estimate of drug-likeness (QED) is 0.141. The van der Waals surface area contributed by atoms with E-state index in [0.717, 1.165) is 11.1 Å². The maximum absolute atomic E-state index is 12.5. The number of fused-ring (bicyclic) bond motifs is 1. The number of hydrogen-bond acceptors (Lipinski definition) is 3. The van der Waals surface area contributed by atoms with Gasteiger partial charge in [-0.25, -0.2) is 4.98 Å². The third-order valence-corrected chi connectivity index (χ3v) is 12.9.